The zero-order valence-corrected chi connectivity index (χ0v) is 19.5. The third-order valence-electron chi connectivity index (χ3n) is 5.52. The van der Waals surface area contributed by atoms with E-state index in [0.29, 0.717) is 50.1 Å². The van der Waals surface area contributed by atoms with Crippen LogP contribution in [0.5, 0.6) is 11.5 Å². The van der Waals surface area contributed by atoms with E-state index in [-0.39, 0.29) is 4.90 Å². The first-order chi connectivity index (χ1) is 15.5. The number of ether oxygens (including phenoxy) is 2. The zero-order chi connectivity index (χ0) is 22.7. The predicted molar refractivity (Wildman–Crippen MR) is 127 cm³/mol. The highest BCUT2D eigenvalue weighted by molar-refractivity contribution is 7.89. The van der Waals surface area contributed by atoms with Crippen LogP contribution < -0.4 is 9.47 Å². The minimum atomic E-state index is -3.87. The van der Waals surface area contributed by atoms with Crippen LogP contribution in [-0.2, 0) is 16.4 Å². The molecule has 4 rings (SSSR count). The lowest BCUT2D eigenvalue weighted by Crippen LogP contribution is -2.35. The molecule has 0 radical (unpaired) electrons. The summed E-state index contributed by atoms with van der Waals surface area (Å²) in [7, 11) is -3.87. The fraction of sp³-hybridized carbons (Fsp3) is 0.320. The number of rotatable bonds is 8. The Morgan fingerprint density at radius 1 is 0.969 bits per heavy atom. The van der Waals surface area contributed by atoms with Crippen molar-refractivity contribution in [2.75, 3.05) is 26.3 Å². The van der Waals surface area contributed by atoms with Crippen molar-refractivity contribution in [2.45, 2.75) is 32.1 Å². The maximum absolute atomic E-state index is 13.8. The van der Waals surface area contributed by atoms with Crippen molar-refractivity contribution < 1.29 is 17.9 Å². The molecule has 1 heterocycles. The quantitative estimate of drug-likeness (QED) is 0.501. The summed E-state index contributed by atoms with van der Waals surface area (Å²) in [4.78, 5) is 4.67. The minimum Gasteiger partial charge on any atom is -0.494 e. The number of fused-ring (bicyclic) bond motifs is 1. The van der Waals surface area contributed by atoms with Crippen molar-refractivity contribution in [2.24, 2.45) is 4.99 Å². The van der Waals surface area contributed by atoms with E-state index in [9.17, 15) is 8.42 Å². The molecule has 0 aliphatic carbocycles. The number of hydrogen-bond donors (Lipinski definition) is 0. The molecule has 3 aromatic rings. The molecule has 0 fully saturated rings. The molecule has 0 atom stereocenters. The van der Waals surface area contributed by atoms with E-state index in [0.717, 1.165) is 21.9 Å². The maximum Gasteiger partial charge on any atom is 0.269 e. The molecule has 0 amide bonds. The van der Waals surface area contributed by atoms with E-state index in [1.807, 2.05) is 45.0 Å². The standard InChI is InChI=1S/C25H28N2O4S/c1-4-30-22-17-24(23(31-5-2)15-18(22)3)32(28,29)27-14-13-26-25(27)16-20-11-8-10-19-9-6-7-12-21(19)20/h6-12,15,17H,4-5,13-14,16H2,1-3H3. The van der Waals surface area contributed by atoms with Gasteiger partial charge in [-0.15, -0.1) is 0 Å². The lowest BCUT2D eigenvalue weighted by atomic mass is 10.0. The van der Waals surface area contributed by atoms with E-state index >= 15 is 0 Å². The summed E-state index contributed by atoms with van der Waals surface area (Å²) in [6.07, 6.45) is 0.439. The lowest BCUT2D eigenvalue weighted by Gasteiger charge is -2.23. The second-order valence-electron chi connectivity index (χ2n) is 7.62. The van der Waals surface area contributed by atoms with Gasteiger partial charge in [-0.05, 0) is 48.7 Å². The Morgan fingerprint density at radius 3 is 2.47 bits per heavy atom. The summed E-state index contributed by atoms with van der Waals surface area (Å²) in [5, 5.41) is 2.22. The van der Waals surface area contributed by atoms with Crippen LogP contribution >= 0.6 is 0 Å². The van der Waals surface area contributed by atoms with Crippen LogP contribution in [-0.4, -0.2) is 44.9 Å². The van der Waals surface area contributed by atoms with Crippen LogP contribution in [0.3, 0.4) is 0 Å². The van der Waals surface area contributed by atoms with Gasteiger partial charge in [-0.2, -0.15) is 0 Å². The van der Waals surface area contributed by atoms with Crippen LogP contribution in [0.25, 0.3) is 10.8 Å². The summed E-state index contributed by atoms with van der Waals surface area (Å²) >= 11 is 0. The van der Waals surface area contributed by atoms with Gasteiger partial charge in [-0.25, -0.2) is 8.42 Å². The highest BCUT2D eigenvalue weighted by atomic mass is 32.2. The fourth-order valence-electron chi connectivity index (χ4n) is 4.04. The van der Waals surface area contributed by atoms with Gasteiger partial charge in [0.25, 0.3) is 10.0 Å². The zero-order valence-electron chi connectivity index (χ0n) is 18.7. The van der Waals surface area contributed by atoms with E-state index in [1.54, 1.807) is 12.1 Å². The fourth-order valence-corrected chi connectivity index (χ4v) is 5.63. The van der Waals surface area contributed by atoms with Crippen LogP contribution in [0, 0.1) is 6.92 Å². The molecule has 7 heteroatoms. The molecule has 0 unspecified atom stereocenters. The SMILES string of the molecule is CCOc1cc(S(=O)(=O)N2CCN=C2Cc2cccc3ccccc23)c(OCC)cc1C. The first kappa shape index (κ1) is 22.1. The molecule has 1 aliphatic heterocycles. The Balaban J connectivity index is 1.72. The van der Waals surface area contributed by atoms with Crippen LogP contribution in [0.1, 0.15) is 25.0 Å². The van der Waals surface area contributed by atoms with Gasteiger partial charge in [0.1, 0.15) is 22.2 Å². The summed E-state index contributed by atoms with van der Waals surface area (Å²) in [5.41, 5.74) is 1.88. The van der Waals surface area contributed by atoms with Crippen LogP contribution in [0.15, 0.2) is 64.5 Å². The number of aryl methyl sites for hydroxylation is 1. The Labute approximate surface area is 189 Å². The number of nitrogens with zero attached hydrogens (tertiary/aromatic N) is 2. The molecule has 32 heavy (non-hydrogen) atoms. The van der Waals surface area contributed by atoms with Gasteiger partial charge in [0.05, 0.1) is 26.3 Å². The van der Waals surface area contributed by atoms with Crippen LogP contribution in [0.2, 0.25) is 0 Å². The Hall–Kier alpha value is -3.06. The van der Waals surface area contributed by atoms with Gasteiger partial charge < -0.3 is 9.47 Å². The number of hydrogen-bond acceptors (Lipinski definition) is 5. The van der Waals surface area contributed by atoms with Gasteiger partial charge in [-0.1, -0.05) is 42.5 Å². The molecule has 3 aromatic carbocycles. The molecule has 168 valence electrons. The van der Waals surface area contributed by atoms with Gasteiger partial charge in [0.15, 0.2) is 0 Å². The summed E-state index contributed by atoms with van der Waals surface area (Å²) in [6.45, 7) is 7.16. The molecule has 0 saturated carbocycles. The van der Waals surface area contributed by atoms with E-state index < -0.39 is 10.0 Å². The minimum absolute atomic E-state index is 0.112. The van der Waals surface area contributed by atoms with E-state index in [2.05, 4.69) is 23.2 Å². The number of amidine groups is 1. The van der Waals surface area contributed by atoms with Crippen molar-refractivity contribution in [1.82, 2.24) is 4.31 Å². The van der Waals surface area contributed by atoms with Crippen LogP contribution in [0.4, 0.5) is 0 Å². The number of sulfonamides is 1. The summed E-state index contributed by atoms with van der Waals surface area (Å²) in [5.74, 6) is 1.42. The van der Waals surface area contributed by atoms with E-state index in [1.165, 1.54) is 4.31 Å². The second kappa shape index (κ2) is 9.20. The summed E-state index contributed by atoms with van der Waals surface area (Å²) < 4.78 is 40.3. The molecule has 0 bridgehead atoms. The van der Waals surface area contributed by atoms with Crippen molar-refractivity contribution in [3.8, 4) is 11.5 Å². The number of aliphatic imine (C=N–C) groups is 1. The molecular formula is C25H28N2O4S. The predicted octanol–water partition coefficient (Wildman–Crippen LogP) is 4.59. The molecule has 6 nitrogen and oxygen atoms in total. The molecule has 0 aromatic heterocycles. The second-order valence-corrected chi connectivity index (χ2v) is 9.45. The van der Waals surface area contributed by atoms with Gasteiger partial charge in [-0.3, -0.25) is 9.30 Å². The molecule has 0 saturated heterocycles. The van der Waals surface area contributed by atoms with Crippen molar-refractivity contribution >= 4 is 26.6 Å². The summed E-state index contributed by atoms with van der Waals surface area (Å²) in [6, 6.07) is 17.5. The van der Waals surface area contributed by atoms with Gasteiger partial charge in [0, 0.05) is 12.5 Å². The molecule has 0 spiro atoms. The highest BCUT2D eigenvalue weighted by Gasteiger charge is 2.34. The third kappa shape index (κ3) is 4.17. The first-order valence-electron chi connectivity index (χ1n) is 10.9. The van der Waals surface area contributed by atoms with Crippen molar-refractivity contribution in [1.29, 1.82) is 0 Å². The monoisotopic (exact) mass is 452 g/mol. The Bertz CT molecular complexity index is 1260. The van der Waals surface area contributed by atoms with Crippen molar-refractivity contribution in [3.63, 3.8) is 0 Å². The topological polar surface area (TPSA) is 68.2 Å². The van der Waals surface area contributed by atoms with E-state index in [4.69, 9.17) is 9.47 Å². The van der Waals surface area contributed by atoms with Gasteiger partial charge in [0.2, 0.25) is 0 Å². The molecule has 0 N–H and O–H groups in total. The lowest BCUT2D eigenvalue weighted by molar-refractivity contribution is 0.320. The third-order valence-corrected chi connectivity index (χ3v) is 7.37. The smallest absolute Gasteiger partial charge is 0.269 e. The highest BCUT2D eigenvalue weighted by Crippen LogP contribution is 2.35. The first-order valence-corrected chi connectivity index (χ1v) is 12.3. The molecular weight excluding hydrogens is 424 g/mol. The van der Waals surface area contributed by atoms with Gasteiger partial charge >= 0.3 is 0 Å². The molecule has 1 aliphatic rings. The maximum atomic E-state index is 13.8. The number of benzene rings is 3. The normalized spacial score (nSPS) is 14.0. The Morgan fingerprint density at radius 2 is 1.69 bits per heavy atom. The Kier molecular flexibility index (Phi) is 6.37. The average molecular weight is 453 g/mol. The largest absolute Gasteiger partial charge is 0.494 e. The van der Waals surface area contributed by atoms with Crippen molar-refractivity contribution in [3.05, 3.63) is 65.7 Å². The average Bonchev–Trinajstić information content (AvgIpc) is 3.25.